The van der Waals surface area contributed by atoms with Crippen LogP contribution >= 0.6 is 34.8 Å². The molecule has 0 radical (unpaired) electrons. The molecule has 4 nitrogen and oxygen atoms in total. The van der Waals surface area contributed by atoms with Crippen molar-refractivity contribution in [3.63, 3.8) is 0 Å². The fraction of sp³-hybridized carbons (Fsp3) is 0.667. The minimum Gasteiger partial charge on any atom is -0.466 e. The largest absolute Gasteiger partial charge is 0.466 e. The first-order valence-corrected chi connectivity index (χ1v) is 12.6. The second-order valence-electron chi connectivity index (χ2n) is 7.76. The van der Waals surface area contributed by atoms with Crippen LogP contribution in [0.2, 0.25) is 15.1 Å². The summed E-state index contributed by atoms with van der Waals surface area (Å²) in [5.74, 6) is -0.619. The third-order valence-electron chi connectivity index (χ3n) is 4.99. The van der Waals surface area contributed by atoms with Gasteiger partial charge in [0.05, 0.1) is 16.7 Å². The molecule has 1 rings (SSSR count). The molecule has 7 heteroatoms. The molecule has 1 aromatic rings. The van der Waals surface area contributed by atoms with Gasteiger partial charge >= 0.3 is 11.9 Å². The highest BCUT2D eigenvalue weighted by Crippen LogP contribution is 2.38. The Morgan fingerprint density at radius 1 is 0.710 bits per heavy atom. The Morgan fingerprint density at radius 3 is 1.84 bits per heavy atom. The second-order valence-corrected chi connectivity index (χ2v) is 8.95. The maximum Gasteiger partial charge on any atom is 0.311 e. The fourth-order valence-electron chi connectivity index (χ4n) is 3.15. The number of unbranched alkanes of at least 4 members (excludes halogenated alkanes) is 10. The molecule has 0 heterocycles. The van der Waals surface area contributed by atoms with Gasteiger partial charge in [-0.1, -0.05) is 99.5 Å². The maximum atomic E-state index is 12.0. The molecule has 0 spiro atoms. The zero-order chi connectivity index (χ0) is 22.9. The molecule has 1 aromatic carbocycles. The Bertz CT molecular complexity index is 664. The summed E-state index contributed by atoms with van der Waals surface area (Å²) in [6.07, 6.45) is 14.0. The zero-order valence-electron chi connectivity index (χ0n) is 18.5. The SMILES string of the molecule is CCCCCCCCCCCCOC(=O)CCCCC(=O)Oc1c(Cl)ccc(Cl)c1Cl. The predicted octanol–water partition coefficient (Wildman–Crippen LogP) is 8.58. The molecule has 0 aliphatic carbocycles. The van der Waals surface area contributed by atoms with Crippen molar-refractivity contribution in [1.29, 1.82) is 0 Å². The van der Waals surface area contributed by atoms with E-state index in [1.807, 2.05) is 0 Å². The summed E-state index contributed by atoms with van der Waals surface area (Å²) in [6.45, 7) is 2.71. The molecule has 0 fully saturated rings. The van der Waals surface area contributed by atoms with Gasteiger partial charge in [0.1, 0.15) is 5.02 Å². The molecule has 176 valence electrons. The van der Waals surface area contributed by atoms with Gasteiger partial charge in [-0.05, 0) is 31.4 Å². The van der Waals surface area contributed by atoms with Crippen molar-refractivity contribution < 1.29 is 19.1 Å². The highest BCUT2D eigenvalue weighted by Gasteiger charge is 2.15. The van der Waals surface area contributed by atoms with Crippen molar-refractivity contribution in [3.8, 4) is 5.75 Å². The van der Waals surface area contributed by atoms with Gasteiger partial charge in [0.2, 0.25) is 0 Å². The highest BCUT2D eigenvalue weighted by atomic mass is 35.5. The molecule has 0 atom stereocenters. The Hall–Kier alpha value is -0.970. The minimum atomic E-state index is -0.468. The average molecular weight is 494 g/mol. The van der Waals surface area contributed by atoms with Crippen molar-refractivity contribution in [3.05, 3.63) is 27.2 Å². The van der Waals surface area contributed by atoms with Crippen LogP contribution < -0.4 is 4.74 Å². The molecule has 0 amide bonds. The molecule has 0 aromatic heterocycles. The van der Waals surface area contributed by atoms with Crippen molar-refractivity contribution >= 4 is 46.7 Å². The van der Waals surface area contributed by atoms with Gasteiger partial charge in [-0.2, -0.15) is 0 Å². The molecule has 0 aliphatic rings. The molecular weight excluding hydrogens is 459 g/mol. The van der Waals surface area contributed by atoms with Gasteiger partial charge in [-0.3, -0.25) is 9.59 Å². The lowest BCUT2D eigenvalue weighted by molar-refractivity contribution is -0.144. The topological polar surface area (TPSA) is 52.6 Å². The predicted molar refractivity (Wildman–Crippen MR) is 128 cm³/mol. The highest BCUT2D eigenvalue weighted by molar-refractivity contribution is 6.44. The quantitative estimate of drug-likeness (QED) is 0.0943. The summed E-state index contributed by atoms with van der Waals surface area (Å²) >= 11 is 17.9. The number of ether oxygens (including phenoxy) is 2. The van der Waals surface area contributed by atoms with E-state index in [0.29, 0.717) is 25.9 Å². The van der Waals surface area contributed by atoms with E-state index in [0.717, 1.165) is 12.8 Å². The number of esters is 2. The lowest BCUT2D eigenvalue weighted by Crippen LogP contribution is -2.09. The minimum absolute atomic E-state index is 0.0664. The summed E-state index contributed by atoms with van der Waals surface area (Å²) in [5, 5.41) is 0.593. The van der Waals surface area contributed by atoms with Gasteiger partial charge in [-0.25, -0.2) is 0 Å². The van der Waals surface area contributed by atoms with Crippen molar-refractivity contribution in [2.24, 2.45) is 0 Å². The van der Waals surface area contributed by atoms with E-state index in [1.54, 1.807) is 0 Å². The number of carbonyl (C=O) groups is 2. The van der Waals surface area contributed by atoms with Crippen LogP contribution in [0.15, 0.2) is 12.1 Å². The molecule has 0 saturated carbocycles. The molecule has 0 saturated heterocycles. The summed E-state index contributed by atoms with van der Waals surface area (Å²) in [5.41, 5.74) is 0. The lowest BCUT2D eigenvalue weighted by Gasteiger charge is -2.09. The van der Waals surface area contributed by atoms with Gasteiger partial charge in [0.15, 0.2) is 5.75 Å². The van der Waals surface area contributed by atoms with Gasteiger partial charge in [0.25, 0.3) is 0 Å². The third kappa shape index (κ3) is 13.2. The standard InChI is InChI=1S/C24H35Cl3O4/c1-2-3-4-5-6-7-8-9-10-13-18-30-21(28)14-11-12-15-22(29)31-24-20(26)17-16-19(25)23(24)27/h16-17H,2-15,18H2,1H3. The number of hydrogen-bond donors (Lipinski definition) is 0. The van der Waals surface area contributed by atoms with E-state index in [9.17, 15) is 9.59 Å². The van der Waals surface area contributed by atoms with E-state index in [-0.39, 0.29) is 33.2 Å². The summed E-state index contributed by atoms with van der Waals surface area (Å²) < 4.78 is 10.5. The summed E-state index contributed by atoms with van der Waals surface area (Å²) in [4.78, 5) is 23.7. The van der Waals surface area contributed by atoms with Crippen molar-refractivity contribution in [2.45, 2.75) is 96.8 Å². The monoisotopic (exact) mass is 492 g/mol. The number of carbonyl (C=O) groups excluding carboxylic acids is 2. The Morgan fingerprint density at radius 2 is 1.23 bits per heavy atom. The molecule has 0 bridgehead atoms. The fourth-order valence-corrected chi connectivity index (χ4v) is 3.75. The van der Waals surface area contributed by atoms with Gasteiger partial charge < -0.3 is 9.47 Å². The normalized spacial score (nSPS) is 10.8. The summed E-state index contributed by atoms with van der Waals surface area (Å²) in [6, 6.07) is 3.05. The Kier molecular flexibility index (Phi) is 15.9. The maximum absolute atomic E-state index is 12.0. The van der Waals surface area contributed by atoms with E-state index in [1.165, 1.54) is 63.5 Å². The Labute approximate surface area is 201 Å². The van der Waals surface area contributed by atoms with Crippen molar-refractivity contribution in [2.75, 3.05) is 6.61 Å². The van der Waals surface area contributed by atoms with Gasteiger partial charge in [-0.15, -0.1) is 0 Å². The smallest absolute Gasteiger partial charge is 0.311 e. The molecule has 0 unspecified atom stereocenters. The number of rotatable bonds is 17. The second kappa shape index (κ2) is 17.6. The number of halogens is 3. The van der Waals surface area contributed by atoms with Crippen LogP contribution in [0.1, 0.15) is 96.8 Å². The van der Waals surface area contributed by atoms with Crippen LogP contribution in [0, 0.1) is 0 Å². The van der Waals surface area contributed by atoms with Crippen LogP contribution in [-0.4, -0.2) is 18.5 Å². The van der Waals surface area contributed by atoms with E-state index in [2.05, 4.69) is 6.92 Å². The molecule has 31 heavy (non-hydrogen) atoms. The van der Waals surface area contributed by atoms with E-state index in [4.69, 9.17) is 44.3 Å². The van der Waals surface area contributed by atoms with Crippen LogP contribution in [-0.2, 0) is 14.3 Å². The first kappa shape index (κ1) is 28.1. The number of hydrogen-bond acceptors (Lipinski definition) is 4. The molecule has 0 N–H and O–H groups in total. The molecule has 0 aliphatic heterocycles. The molecular formula is C24H35Cl3O4. The van der Waals surface area contributed by atoms with Crippen LogP contribution in [0.25, 0.3) is 0 Å². The third-order valence-corrected chi connectivity index (χ3v) is 6.08. The van der Waals surface area contributed by atoms with Crippen LogP contribution in [0.4, 0.5) is 0 Å². The van der Waals surface area contributed by atoms with Gasteiger partial charge in [0, 0.05) is 12.8 Å². The van der Waals surface area contributed by atoms with E-state index >= 15 is 0 Å². The van der Waals surface area contributed by atoms with Crippen LogP contribution in [0.3, 0.4) is 0 Å². The lowest BCUT2D eigenvalue weighted by atomic mass is 10.1. The van der Waals surface area contributed by atoms with Crippen molar-refractivity contribution in [1.82, 2.24) is 0 Å². The summed E-state index contributed by atoms with van der Waals surface area (Å²) in [7, 11) is 0. The number of benzene rings is 1. The Balaban J connectivity index is 2.00. The van der Waals surface area contributed by atoms with Crippen LogP contribution in [0.5, 0.6) is 5.75 Å². The average Bonchev–Trinajstić information content (AvgIpc) is 2.75. The first-order chi connectivity index (χ1) is 15.0. The zero-order valence-corrected chi connectivity index (χ0v) is 20.8. The van der Waals surface area contributed by atoms with E-state index < -0.39 is 5.97 Å². The first-order valence-electron chi connectivity index (χ1n) is 11.5.